The van der Waals surface area contributed by atoms with Crippen LogP contribution in [-0.2, 0) is 0 Å². The van der Waals surface area contributed by atoms with Crippen LogP contribution in [0, 0.1) is 0 Å². The Hall–Kier alpha value is -3.12. The minimum Gasteiger partial charge on any atom is -0.479 e. The highest BCUT2D eigenvalue weighted by Crippen LogP contribution is 2.27. The van der Waals surface area contributed by atoms with E-state index in [0.29, 0.717) is 16.3 Å². The zero-order valence-electron chi connectivity index (χ0n) is 12.2. The van der Waals surface area contributed by atoms with E-state index < -0.39 is 5.97 Å². The van der Waals surface area contributed by atoms with Crippen molar-refractivity contribution in [1.29, 1.82) is 0 Å². The normalized spacial score (nSPS) is 11.0. The summed E-state index contributed by atoms with van der Waals surface area (Å²) in [7, 11) is 0. The summed E-state index contributed by atoms with van der Waals surface area (Å²) in [5, 5.41) is 19.4. The Morgan fingerprint density at radius 1 is 1.21 bits per heavy atom. The van der Waals surface area contributed by atoms with E-state index in [1.807, 2.05) is 0 Å². The molecule has 0 amide bonds. The summed E-state index contributed by atoms with van der Waals surface area (Å²) in [6.45, 7) is 0. The fraction of sp³-hybridized carbons (Fsp3) is 0. The van der Waals surface area contributed by atoms with E-state index in [-0.39, 0.29) is 23.1 Å². The second-order valence-corrected chi connectivity index (χ2v) is 5.27. The van der Waals surface area contributed by atoms with Gasteiger partial charge in [0.15, 0.2) is 5.69 Å². The van der Waals surface area contributed by atoms with Gasteiger partial charge >= 0.3 is 11.9 Å². The summed E-state index contributed by atoms with van der Waals surface area (Å²) >= 11 is 5.82. The van der Waals surface area contributed by atoms with E-state index in [2.05, 4.69) is 9.98 Å². The number of hydrogen-bond donors (Lipinski definition) is 2. The summed E-state index contributed by atoms with van der Waals surface area (Å²) in [5.74, 6) is -1.19. The monoisotopic (exact) mass is 342 g/mol. The van der Waals surface area contributed by atoms with Gasteiger partial charge in [-0.05, 0) is 42.5 Å². The molecule has 0 fully saturated rings. The highest BCUT2D eigenvalue weighted by atomic mass is 35.5. The van der Waals surface area contributed by atoms with E-state index >= 15 is 0 Å². The lowest BCUT2D eigenvalue weighted by Gasteiger charge is -1.95. The molecule has 0 radical (unpaired) electrons. The smallest absolute Gasteiger partial charge is 0.335 e. The number of rotatable bonds is 4. The molecule has 0 bridgehead atoms. The third-order valence-corrected chi connectivity index (χ3v) is 3.41. The van der Waals surface area contributed by atoms with E-state index in [9.17, 15) is 9.90 Å². The SMILES string of the molecule is O=C(O)c1cccc(N=Cc2nc(-c3ccc(Cl)cc3)oc2O)c1. The Bertz CT molecular complexity index is 917. The second kappa shape index (κ2) is 6.55. The number of hydrogen-bond acceptors (Lipinski definition) is 5. The number of aromatic nitrogens is 1. The molecule has 2 aromatic carbocycles. The molecule has 0 unspecified atom stereocenters. The lowest BCUT2D eigenvalue weighted by molar-refractivity contribution is 0.0697. The first-order chi connectivity index (χ1) is 11.5. The number of halogens is 1. The molecule has 0 spiro atoms. The van der Waals surface area contributed by atoms with Crippen LogP contribution in [0.3, 0.4) is 0 Å². The van der Waals surface area contributed by atoms with Crippen molar-refractivity contribution in [1.82, 2.24) is 4.98 Å². The van der Waals surface area contributed by atoms with Crippen LogP contribution in [0.25, 0.3) is 11.5 Å². The van der Waals surface area contributed by atoms with Crippen molar-refractivity contribution < 1.29 is 19.4 Å². The molecule has 7 heteroatoms. The van der Waals surface area contributed by atoms with Gasteiger partial charge in [0.05, 0.1) is 17.5 Å². The van der Waals surface area contributed by atoms with Gasteiger partial charge in [0, 0.05) is 10.6 Å². The van der Waals surface area contributed by atoms with Gasteiger partial charge in [0.2, 0.25) is 5.89 Å². The van der Waals surface area contributed by atoms with Crippen LogP contribution in [0.2, 0.25) is 5.02 Å². The van der Waals surface area contributed by atoms with Crippen LogP contribution < -0.4 is 0 Å². The van der Waals surface area contributed by atoms with Gasteiger partial charge in [0.25, 0.3) is 0 Å². The summed E-state index contributed by atoms with van der Waals surface area (Å²) in [6.07, 6.45) is 1.30. The van der Waals surface area contributed by atoms with Crippen LogP contribution in [0.4, 0.5) is 5.69 Å². The first-order valence-corrected chi connectivity index (χ1v) is 7.24. The second-order valence-electron chi connectivity index (χ2n) is 4.83. The van der Waals surface area contributed by atoms with Crippen molar-refractivity contribution in [2.24, 2.45) is 4.99 Å². The largest absolute Gasteiger partial charge is 0.479 e. The van der Waals surface area contributed by atoms with Crippen molar-refractivity contribution in [3.8, 4) is 17.4 Å². The maximum Gasteiger partial charge on any atom is 0.335 e. The predicted molar refractivity (Wildman–Crippen MR) is 89.3 cm³/mol. The zero-order chi connectivity index (χ0) is 17.1. The molecule has 120 valence electrons. The number of aliphatic imine (C=N–C) groups is 1. The third kappa shape index (κ3) is 3.44. The van der Waals surface area contributed by atoms with Crippen LogP contribution in [0.5, 0.6) is 5.95 Å². The van der Waals surface area contributed by atoms with Gasteiger partial charge in [-0.1, -0.05) is 17.7 Å². The van der Waals surface area contributed by atoms with Crippen LogP contribution in [0.1, 0.15) is 16.1 Å². The number of benzene rings is 2. The molecule has 0 atom stereocenters. The van der Waals surface area contributed by atoms with Gasteiger partial charge < -0.3 is 14.6 Å². The Labute approximate surface area is 141 Å². The van der Waals surface area contributed by atoms with Gasteiger partial charge in [-0.2, -0.15) is 0 Å². The molecular formula is C17H11ClN2O4. The zero-order valence-corrected chi connectivity index (χ0v) is 12.9. The molecule has 0 aliphatic rings. The van der Waals surface area contributed by atoms with Gasteiger partial charge in [0.1, 0.15) is 0 Å². The van der Waals surface area contributed by atoms with Crippen LogP contribution in [0.15, 0.2) is 57.9 Å². The van der Waals surface area contributed by atoms with Gasteiger partial charge in [-0.3, -0.25) is 4.99 Å². The number of nitrogens with zero attached hydrogens (tertiary/aromatic N) is 2. The van der Waals surface area contributed by atoms with Crippen molar-refractivity contribution in [2.75, 3.05) is 0 Å². The fourth-order valence-electron chi connectivity index (χ4n) is 1.98. The molecule has 1 aromatic heterocycles. The van der Waals surface area contributed by atoms with Crippen molar-refractivity contribution in [3.63, 3.8) is 0 Å². The Morgan fingerprint density at radius 2 is 1.96 bits per heavy atom. The number of aromatic hydroxyl groups is 1. The molecule has 1 heterocycles. The first-order valence-electron chi connectivity index (χ1n) is 6.86. The molecule has 2 N–H and O–H groups in total. The Morgan fingerprint density at radius 3 is 2.67 bits per heavy atom. The van der Waals surface area contributed by atoms with E-state index in [1.165, 1.54) is 18.3 Å². The van der Waals surface area contributed by atoms with E-state index in [0.717, 1.165) is 0 Å². The van der Waals surface area contributed by atoms with E-state index in [4.69, 9.17) is 21.1 Å². The van der Waals surface area contributed by atoms with Crippen molar-refractivity contribution in [3.05, 3.63) is 64.8 Å². The topological polar surface area (TPSA) is 95.9 Å². The summed E-state index contributed by atoms with van der Waals surface area (Å²) in [5.41, 5.74) is 1.34. The number of carbonyl (C=O) groups is 1. The molecule has 0 aliphatic carbocycles. The van der Waals surface area contributed by atoms with Crippen molar-refractivity contribution >= 4 is 29.5 Å². The Kier molecular flexibility index (Phi) is 4.31. The van der Waals surface area contributed by atoms with Crippen LogP contribution >= 0.6 is 11.6 Å². The summed E-state index contributed by atoms with van der Waals surface area (Å²) in [4.78, 5) is 19.2. The maximum atomic E-state index is 10.9. The average molecular weight is 343 g/mol. The molecule has 0 saturated heterocycles. The summed E-state index contributed by atoms with van der Waals surface area (Å²) in [6, 6.07) is 12.9. The molecular weight excluding hydrogens is 332 g/mol. The van der Waals surface area contributed by atoms with Crippen LogP contribution in [-0.4, -0.2) is 27.4 Å². The van der Waals surface area contributed by atoms with Crippen molar-refractivity contribution in [2.45, 2.75) is 0 Å². The minimum absolute atomic E-state index is 0.121. The third-order valence-electron chi connectivity index (χ3n) is 3.15. The fourth-order valence-corrected chi connectivity index (χ4v) is 2.10. The van der Waals surface area contributed by atoms with Gasteiger partial charge in [-0.15, -0.1) is 0 Å². The standard InChI is InChI=1S/C17H11ClN2O4/c18-12-6-4-10(5-7-12)15-20-14(17(23)24-15)9-19-13-3-1-2-11(8-13)16(21)22/h1-9,23H,(H,21,22). The number of oxazole rings is 1. The Balaban J connectivity index is 1.87. The number of carboxylic acid groups (broad SMARTS) is 1. The molecule has 3 aromatic rings. The first kappa shape index (κ1) is 15.8. The molecule has 6 nitrogen and oxygen atoms in total. The molecule has 0 aliphatic heterocycles. The number of aromatic carboxylic acids is 1. The van der Waals surface area contributed by atoms with Gasteiger partial charge in [-0.25, -0.2) is 9.78 Å². The lowest BCUT2D eigenvalue weighted by atomic mass is 10.2. The van der Waals surface area contributed by atoms with E-state index in [1.54, 1.807) is 36.4 Å². The quantitative estimate of drug-likeness (QED) is 0.694. The lowest BCUT2D eigenvalue weighted by Crippen LogP contribution is -1.94. The highest BCUT2D eigenvalue weighted by molar-refractivity contribution is 6.30. The number of carboxylic acids is 1. The summed E-state index contributed by atoms with van der Waals surface area (Å²) < 4.78 is 5.21. The maximum absolute atomic E-state index is 10.9. The average Bonchev–Trinajstić information content (AvgIpc) is 2.95. The molecule has 0 saturated carbocycles. The molecule has 3 rings (SSSR count). The predicted octanol–water partition coefficient (Wildman–Crippen LogP) is 4.15. The molecule has 24 heavy (non-hydrogen) atoms. The minimum atomic E-state index is -1.04. The highest BCUT2D eigenvalue weighted by Gasteiger charge is 2.12.